The highest BCUT2D eigenvalue weighted by Gasteiger charge is 2.34. The molecule has 2 aliphatic heterocycles. The van der Waals surface area contributed by atoms with Crippen LogP contribution >= 0.6 is 12.2 Å². The zero-order valence-electron chi connectivity index (χ0n) is 18.1. The molecule has 0 aromatic heterocycles. The van der Waals surface area contributed by atoms with Crippen LogP contribution in [0, 0.1) is 6.92 Å². The van der Waals surface area contributed by atoms with E-state index < -0.39 is 11.8 Å². The molecule has 32 heavy (non-hydrogen) atoms. The molecule has 2 aromatic rings. The lowest BCUT2D eigenvalue weighted by atomic mass is 10.0. The molecule has 8 heteroatoms. The minimum Gasteiger partial charge on any atom is -0.494 e. The maximum Gasteiger partial charge on any atom is 0.270 e. The molecule has 0 bridgehead atoms. The molecule has 0 saturated carbocycles. The highest BCUT2D eigenvalue weighted by molar-refractivity contribution is 7.80. The van der Waals surface area contributed by atoms with E-state index in [9.17, 15) is 9.59 Å². The van der Waals surface area contributed by atoms with Gasteiger partial charge in [-0.25, -0.2) is 0 Å². The third-order valence-electron chi connectivity index (χ3n) is 5.44. The summed E-state index contributed by atoms with van der Waals surface area (Å²) in [5, 5.41) is 2.68. The summed E-state index contributed by atoms with van der Waals surface area (Å²) in [5.41, 5.74) is 3.48. The molecule has 0 spiro atoms. The van der Waals surface area contributed by atoms with Crippen LogP contribution in [0.25, 0.3) is 6.08 Å². The van der Waals surface area contributed by atoms with Crippen molar-refractivity contribution >= 4 is 46.6 Å². The van der Waals surface area contributed by atoms with Gasteiger partial charge in [-0.15, -0.1) is 0 Å². The summed E-state index contributed by atoms with van der Waals surface area (Å²) < 4.78 is 10.9. The highest BCUT2D eigenvalue weighted by Crippen LogP contribution is 2.26. The summed E-state index contributed by atoms with van der Waals surface area (Å²) in [5.74, 6) is -0.263. The van der Waals surface area contributed by atoms with Crippen molar-refractivity contribution in [3.63, 3.8) is 0 Å². The maximum atomic E-state index is 13.2. The van der Waals surface area contributed by atoms with Gasteiger partial charge in [0.05, 0.1) is 25.5 Å². The van der Waals surface area contributed by atoms with Gasteiger partial charge in [0.25, 0.3) is 11.8 Å². The van der Waals surface area contributed by atoms with Gasteiger partial charge in [0.2, 0.25) is 0 Å². The number of morpholine rings is 1. The first-order valence-corrected chi connectivity index (χ1v) is 11.0. The number of benzene rings is 2. The van der Waals surface area contributed by atoms with Crippen LogP contribution in [0.4, 0.5) is 11.4 Å². The first-order chi connectivity index (χ1) is 15.5. The second kappa shape index (κ2) is 9.50. The Morgan fingerprint density at radius 1 is 1.09 bits per heavy atom. The minimum atomic E-state index is -0.501. The molecule has 2 fully saturated rings. The Balaban J connectivity index is 1.61. The van der Waals surface area contributed by atoms with E-state index in [0.29, 0.717) is 31.3 Å². The van der Waals surface area contributed by atoms with Gasteiger partial charge in [0, 0.05) is 18.8 Å². The van der Waals surface area contributed by atoms with Gasteiger partial charge in [-0.1, -0.05) is 6.07 Å². The fourth-order valence-electron chi connectivity index (χ4n) is 3.75. The lowest BCUT2D eigenvalue weighted by molar-refractivity contribution is -0.122. The molecule has 2 aromatic carbocycles. The average molecular weight is 452 g/mol. The van der Waals surface area contributed by atoms with Crippen molar-refractivity contribution in [2.24, 2.45) is 0 Å². The zero-order valence-corrected chi connectivity index (χ0v) is 18.9. The molecule has 0 atom stereocenters. The minimum absolute atomic E-state index is 0.0368. The average Bonchev–Trinajstić information content (AvgIpc) is 2.79. The SMILES string of the molecule is CCOc1ccc(N2C(=O)C(=Cc3ccc(N4CCOCC4)cc3C)C(=O)NC2=S)cc1. The normalized spacial score (nSPS) is 18.2. The van der Waals surface area contributed by atoms with Crippen molar-refractivity contribution in [2.45, 2.75) is 13.8 Å². The third kappa shape index (κ3) is 4.51. The highest BCUT2D eigenvalue weighted by atomic mass is 32.1. The Kier molecular flexibility index (Phi) is 6.53. The molecule has 166 valence electrons. The van der Waals surface area contributed by atoms with Crippen molar-refractivity contribution in [3.05, 3.63) is 59.2 Å². The summed E-state index contributed by atoms with van der Waals surface area (Å²) in [6, 6.07) is 13.0. The van der Waals surface area contributed by atoms with Gasteiger partial charge in [-0.05, 0) is 79.7 Å². The van der Waals surface area contributed by atoms with E-state index in [4.69, 9.17) is 21.7 Å². The molecule has 7 nitrogen and oxygen atoms in total. The summed E-state index contributed by atoms with van der Waals surface area (Å²) >= 11 is 5.28. The van der Waals surface area contributed by atoms with Crippen LogP contribution in [0.5, 0.6) is 5.75 Å². The maximum absolute atomic E-state index is 13.2. The van der Waals surface area contributed by atoms with Crippen LogP contribution in [-0.4, -0.2) is 49.8 Å². The summed E-state index contributed by atoms with van der Waals surface area (Å²) in [4.78, 5) is 29.4. The second-order valence-electron chi connectivity index (χ2n) is 7.53. The fourth-order valence-corrected chi connectivity index (χ4v) is 4.03. The number of nitrogens with one attached hydrogen (secondary N) is 1. The van der Waals surface area contributed by atoms with Crippen LogP contribution in [-0.2, 0) is 14.3 Å². The summed E-state index contributed by atoms with van der Waals surface area (Å²) in [6.07, 6.45) is 1.62. The molecular weight excluding hydrogens is 426 g/mol. The van der Waals surface area contributed by atoms with Gasteiger partial charge < -0.3 is 14.4 Å². The molecule has 4 rings (SSSR count). The number of thiocarbonyl (C=S) groups is 1. The van der Waals surface area contributed by atoms with Gasteiger partial charge in [0.1, 0.15) is 11.3 Å². The van der Waals surface area contributed by atoms with Crippen molar-refractivity contribution in [1.82, 2.24) is 5.32 Å². The molecule has 0 radical (unpaired) electrons. The quantitative estimate of drug-likeness (QED) is 0.428. The number of aryl methyl sites for hydroxylation is 1. The number of ether oxygens (including phenoxy) is 2. The monoisotopic (exact) mass is 451 g/mol. The van der Waals surface area contributed by atoms with Gasteiger partial charge >= 0.3 is 0 Å². The number of amides is 2. The third-order valence-corrected chi connectivity index (χ3v) is 5.72. The number of anilines is 2. The number of carbonyl (C=O) groups excluding carboxylic acids is 2. The first-order valence-electron chi connectivity index (χ1n) is 10.6. The number of rotatable bonds is 5. The van der Waals surface area contributed by atoms with E-state index in [2.05, 4.69) is 16.3 Å². The largest absolute Gasteiger partial charge is 0.494 e. The lowest BCUT2D eigenvalue weighted by Gasteiger charge is -2.30. The Morgan fingerprint density at radius 2 is 1.78 bits per heavy atom. The predicted molar refractivity (Wildman–Crippen MR) is 128 cm³/mol. The van der Waals surface area contributed by atoms with Crippen molar-refractivity contribution < 1.29 is 19.1 Å². The van der Waals surface area contributed by atoms with Crippen LogP contribution < -0.4 is 19.9 Å². The first kappa shape index (κ1) is 22.0. The standard InChI is InChI=1S/C24H25N3O4S/c1-3-31-20-8-6-18(7-9-20)27-23(29)21(22(28)25-24(27)32)15-17-4-5-19(14-16(17)2)26-10-12-30-13-11-26/h4-9,14-15H,3,10-13H2,1-2H3,(H,25,28,32). The smallest absolute Gasteiger partial charge is 0.270 e. The summed E-state index contributed by atoms with van der Waals surface area (Å²) in [7, 11) is 0. The topological polar surface area (TPSA) is 71.1 Å². The van der Waals surface area contributed by atoms with Crippen molar-refractivity contribution in [1.29, 1.82) is 0 Å². The zero-order chi connectivity index (χ0) is 22.7. The predicted octanol–water partition coefficient (Wildman–Crippen LogP) is 3.06. The van der Waals surface area contributed by atoms with Crippen molar-refractivity contribution in [3.8, 4) is 5.75 Å². The van der Waals surface area contributed by atoms with E-state index >= 15 is 0 Å². The summed E-state index contributed by atoms with van der Waals surface area (Å²) in [6.45, 7) is 7.52. The Morgan fingerprint density at radius 3 is 2.44 bits per heavy atom. The number of hydrogen-bond acceptors (Lipinski definition) is 6. The Hall–Kier alpha value is -3.23. The van der Waals surface area contributed by atoms with E-state index in [1.807, 2.05) is 26.0 Å². The van der Waals surface area contributed by atoms with E-state index in [1.165, 1.54) is 4.90 Å². The number of hydrogen-bond donors (Lipinski definition) is 1. The van der Waals surface area contributed by atoms with Crippen LogP contribution in [0.15, 0.2) is 48.0 Å². The molecule has 2 heterocycles. The molecule has 1 N–H and O–H groups in total. The Labute approximate surface area is 192 Å². The fraction of sp³-hybridized carbons (Fsp3) is 0.292. The lowest BCUT2D eigenvalue weighted by Crippen LogP contribution is -2.54. The van der Waals surface area contributed by atoms with Gasteiger partial charge in [-0.2, -0.15) is 0 Å². The molecule has 0 unspecified atom stereocenters. The van der Waals surface area contributed by atoms with E-state index in [0.717, 1.165) is 29.9 Å². The van der Waals surface area contributed by atoms with Gasteiger partial charge in [0.15, 0.2) is 5.11 Å². The molecule has 2 amide bonds. The van der Waals surface area contributed by atoms with Crippen LogP contribution in [0.2, 0.25) is 0 Å². The van der Waals surface area contributed by atoms with E-state index in [1.54, 1.807) is 30.3 Å². The second-order valence-corrected chi connectivity index (χ2v) is 7.91. The van der Waals surface area contributed by atoms with Crippen LogP contribution in [0.3, 0.4) is 0 Å². The molecule has 0 aliphatic carbocycles. The van der Waals surface area contributed by atoms with E-state index in [-0.39, 0.29) is 10.7 Å². The Bertz CT molecular complexity index is 1080. The molecular formula is C24H25N3O4S. The van der Waals surface area contributed by atoms with Crippen molar-refractivity contribution in [2.75, 3.05) is 42.7 Å². The van der Waals surface area contributed by atoms with Crippen LogP contribution in [0.1, 0.15) is 18.1 Å². The number of nitrogens with zero attached hydrogens (tertiary/aromatic N) is 2. The number of carbonyl (C=O) groups is 2. The molecule has 2 aliphatic rings. The molecule has 2 saturated heterocycles. The van der Waals surface area contributed by atoms with Gasteiger partial charge in [-0.3, -0.25) is 19.8 Å².